The summed E-state index contributed by atoms with van der Waals surface area (Å²) in [4.78, 5) is 10.8. The minimum Gasteiger partial charge on any atom is -0.478 e. The summed E-state index contributed by atoms with van der Waals surface area (Å²) in [5.74, 6) is 10.8. The lowest BCUT2D eigenvalue weighted by Crippen LogP contribution is -1.94. The normalized spacial score (nSPS) is 9.81. The van der Waals surface area contributed by atoms with Crippen LogP contribution in [0.3, 0.4) is 0 Å². The molecule has 0 aliphatic rings. The fourth-order valence-corrected chi connectivity index (χ4v) is 2.96. The molecule has 0 aliphatic carbocycles. The van der Waals surface area contributed by atoms with Gasteiger partial charge in [0, 0.05) is 12.0 Å². The molecule has 1 aromatic rings. The number of aromatic carboxylic acids is 1. The summed E-state index contributed by atoms with van der Waals surface area (Å²) in [5, 5.41) is 8.84. The van der Waals surface area contributed by atoms with Crippen LogP contribution in [0.4, 0.5) is 0 Å². The average molecular weight is 367 g/mol. The molecule has 0 saturated carbocycles. The summed E-state index contributed by atoms with van der Waals surface area (Å²) >= 11 is 0. The molecule has 0 aromatic heterocycles. The van der Waals surface area contributed by atoms with Crippen molar-refractivity contribution in [2.75, 3.05) is 0 Å². The van der Waals surface area contributed by atoms with Gasteiger partial charge in [-0.1, -0.05) is 89.4 Å². The first-order valence-corrected chi connectivity index (χ1v) is 10.6. The topological polar surface area (TPSA) is 37.3 Å². The Morgan fingerprint density at radius 1 is 0.778 bits per heavy atom. The molecule has 0 saturated heterocycles. The van der Waals surface area contributed by atoms with E-state index in [1.807, 2.05) is 0 Å². The maximum Gasteiger partial charge on any atom is 0.335 e. The number of carboxylic acid groups (broad SMARTS) is 1. The molecule has 0 amide bonds. The molecule has 1 rings (SSSR count). The Hall–Kier alpha value is -2.19. The second-order valence-corrected chi connectivity index (χ2v) is 7.07. The standard InChI is InChI=1S/C25H34O2/c1-2-3-4-5-6-7-8-9-10-11-12-13-14-15-16-17-18-23-19-21-24(22-20-23)25(26)27/h19-22H,2-14H2,1H3,(H,26,27). The van der Waals surface area contributed by atoms with E-state index < -0.39 is 5.97 Å². The van der Waals surface area contributed by atoms with Crippen molar-refractivity contribution in [2.24, 2.45) is 0 Å². The zero-order valence-electron chi connectivity index (χ0n) is 16.9. The molecule has 27 heavy (non-hydrogen) atoms. The zero-order chi connectivity index (χ0) is 19.6. The maximum atomic E-state index is 10.8. The molecule has 1 aromatic carbocycles. The van der Waals surface area contributed by atoms with E-state index in [-0.39, 0.29) is 5.56 Å². The Kier molecular flexibility index (Phi) is 13.6. The molecular weight excluding hydrogens is 332 g/mol. The lowest BCUT2D eigenvalue weighted by molar-refractivity contribution is 0.0697. The first-order valence-electron chi connectivity index (χ1n) is 10.6. The van der Waals surface area contributed by atoms with Gasteiger partial charge in [-0.3, -0.25) is 0 Å². The van der Waals surface area contributed by atoms with E-state index in [0.29, 0.717) is 0 Å². The minimum absolute atomic E-state index is 0.276. The highest BCUT2D eigenvalue weighted by atomic mass is 16.4. The third kappa shape index (κ3) is 12.7. The summed E-state index contributed by atoms with van der Waals surface area (Å²) in [6.45, 7) is 2.27. The molecule has 0 bridgehead atoms. The van der Waals surface area contributed by atoms with Gasteiger partial charge in [-0.15, -0.1) is 0 Å². The first-order chi connectivity index (χ1) is 13.2. The average Bonchev–Trinajstić information content (AvgIpc) is 2.68. The number of carboxylic acids is 1. The van der Waals surface area contributed by atoms with Crippen molar-refractivity contribution >= 4 is 5.97 Å². The van der Waals surface area contributed by atoms with Gasteiger partial charge in [0.15, 0.2) is 0 Å². The summed E-state index contributed by atoms with van der Waals surface area (Å²) in [6.07, 6.45) is 17.2. The van der Waals surface area contributed by atoms with Crippen molar-refractivity contribution in [1.29, 1.82) is 0 Å². The monoisotopic (exact) mass is 366 g/mol. The van der Waals surface area contributed by atoms with Gasteiger partial charge in [0.2, 0.25) is 0 Å². The fraction of sp³-hybridized carbons (Fsp3) is 0.560. The van der Waals surface area contributed by atoms with E-state index in [4.69, 9.17) is 5.11 Å². The molecule has 2 heteroatoms. The molecule has 0 radical (unpaired) electrons. The largest absolute Gasteiger partial charge is 0.478 e. The van der Waals surface area contributed by atoms with E-state index in [0.717, 1.165) is 18.4 Å². The third-order valence-corrected chi connectivity index (χ3v) is 4.64. The van der Waals surface area contributed by atoms with Crippen LogP contribution in [0.25, 0.3) is 0 Å². The zero-order valence-corrected chi connectivity index (χ0v) is 16.9. The van der Waals surface area contributed by atoms with E-state index >= 15 is 0 Å². The van der Waals surface area contributed by atoms with Crippen LogP contribution in [-0.2, 0) is 0 Å². The van der Waals surface area contributed by atoms with Gasteiger partial charge in [0.1, 0.15) is 0 Å². The van der Waals surface area contributed by atoms with Crippen LogP contribution in [-0.4, -0.2) is 11.1 Å². The summed E-state index contributed by atoms with van der Waals surface area (Å²) in [7, 11) is 0. The summed E-state index contributed by atoms with van der Waals surface area (Å²) in [5.41, 5.74) is 1.07. The number of hydrogen-bond acceptors (Lipinski definition) is 1. The van der Waals surface area contributed by atoms with Crippen LogP contribution in [0.5, 0.6) is 0 Å². The number of benzene rings is 1. The number of hydrogen-bond donors (Lipinski definition) is 1. The second kappa shape index (κ2) is 16.0. The van der Waals surface area contributed by atoms with Crippen LogP contribution in [0, 0.1) is 23.7 Å². The Morgan fingerprint density at radius 2 is 1.30 bits per heavy atom. The van der Waals surface area contributed by atoms with Crippen LogP contribution in [0.1, 0.15) is 106 Å². The van der Waals surface area contributed by atoms with Gasteiger partial charge in [-0.05, 0) is 42.5 Å². The molecule has 1 N–H and O–H groups in total. The van der Waals surface area contributed by atoms with Crippen LogP contribution >= 0.6 is 0 Å². The Morgan fingerprint density at radius 3 is 1.81 bits per heavy atom. The summed E-state index contributed by atoms with van der Waals surface area (Å²) < 4.78 is 0. The SMILES string of the molecule is CCCCCCCCCCCCCCC#CC#Cc1ccc(C(=O)O)cc1. The maximum absolute atomic E-state index is 10.8. The molecule has 0 heterocycles. The fourth-order valence-electron chi connectivity index (χ4n) is 2.96. The smallest absolute Gasteiger partial charge is 0.335 e. The number of rotatable bonds is 13. The van der Waals surface area contributed by atoms with Gasteiger partial charge >= 0.3 is 5.97 Å². The van der Waals surface area contributed by atoms with E-state index in [9.17, 15) is 4.79 Å². The van der Waals surface area contributed by atoms with Gasteiger partial charge in [-0.2, -0.15) is 0 Å². The predicted molar refractivity (Wildman–Crippen MR) is 114 cm³/mol. The Balaban J connectivity index is 1.98. The van der Waals surface area contributed by atoms with Crippen molar-refractivity contribution in [2.45, 2.75) is 90.4 Å². The van der Waals surface area contributed by atoms with Crippen molar-refractivity contribution in [3.63, 3.8) is 0 Å². The lowest BCUT2D eigenvalue weighted by atomic mass is 10.0. The van der Waals surface area contributed by atoms with Gasteiger partial charge in [0.05, 0.1) is 5.56 Å². The van der Waals surface area contributed by atoms with Crippen LogP contribution < -0.4 is 0 Å². The Labute approximate surface area is 165 Å². The molecule has 2 nitrogen and oxygen atoms in total. The summed E-state index contributed by atoms with van der Waals surface area (Å²) in [6, 6.07) is 6.55. The highest BCUT2D eigenvalue weighted by Crippen LogP contribution is 2.12. The van der Waals surface area contributed by atoms with Crippen molar-refractivity contribution < 1.29 is 9.90 Å². The minimum atomic E-state index is -0.920. The molecule has 0 aliphatic heterocycles. The van der Waals surface area contributed by atoms with E-state index in [2.05, 4.69) is 30.6 Å². The molecule has 0 fully saturated rings. The van der Waals surface area contributed by atoms with Crippen molar-refractivity contribution in [3.8, 4) is 23.7 Å². The Bertz CT molecular complexity index is 635. The third-order valence-electron chi connectivity index (χ3n) is 4.64. The molecular formula is C25H34O2. The van der Waals surface area contributed by atoms with Gasteiger partial charge in [-0.25, -0.2) is 4.79 Å². The highest BCUT2D eigenvalue weighted by molar-refractivity contribution is 5.87. The quantitative estimate of drug-likeness (QED) is 0.307. The predicted octanol–water partition coefficient (Wildman–Crippen LogP) is 6.83. The van der Waals surface area contributed by atoms with Gasteiger partial charge < -0.3 is 5.11 Å². The lowest BCUT2D eigenvalue weighted by Gasteiger charge is -2.01. The highest BCUT2D eigenvalue weighted by Gasteiger charge is 1.99. The van der Waals surface area contributed by atoms with Gasteiger partial charge in [0.25, 0.3) is 0 Å². The van der Waals surface area contributed by atoms with E-state index in [1.54, 1.807) is 24.3 Å². The van der Waals surface area contributed by atoms with Crippen molar-refractivity contribution in [1.82, 2.24) is 0 Å². The number of carbonyl (C=O) groups is 1. The molecule has 0 atom stereocenters. The second-order valence-electron chi connectivity index (χ2n) is 7.07. The molecule has 146 valence electrons. The van der Waals surface area contributed by atoms with Crippen molar-refractivity contribution in [3.05, 3.63) is 35.4 Å². The number of unbranched alkanes of at least 4 members (excludes halogenated alkanes) is 12. The van der Waals surface area contributed by atoms with Crippen LogP contribution in [0.15, 0.2) is 24.3 Å². The van der Waals surface area contributed by atoms with Crippen LogP contribution in [0.2, 0.25) is 0 Å². The first kappa shape index (κ1) is 22.9. The molecule has 0 unspecified atom stereocenters. The van der Waals surface area contributed by atoms with E-state index in [1.165, 1.54) is 70.6 Å². The molecule has 0 spiro atoms.